The summed E-state index contributed by atoms with van der Waals surface area (Å²) >= 11 is 0. The Morgan fingerprint density at radius 3 is 2.29 bits per heavy atom. The van der Waals surface area contributed by atoms with Gasteiger partial charge in [-0.1, -0.05) is 42.5 Å². The van der Waals surface area contributed by atoms with Gasteiger partial charge in [0.05, 0.1) is 19.1 Å². The van der Waals surface area contributed by atoms with Gasteiger partial charge < -0.3 is 10.6 Å². The number of hydrogen-bond donors (Lipinski definition) is 2. The fraction of sp³-hybridized carbons (Fsp3) is 0.235. The van der Waals surface area contributed by atoms with Crippen molar-refractivity contribution in [3.05, 3.63) is 71.5 Å². The molecule has 0 unspecified atom stereocenters. The third-order valence-electron chi connectivity index (χ3n) is 3.23. The quantitative estimate of drug-likeness (QED) is 0.793. The Labute approximate surface area is 136 Å². The van der Waals surface area contributed by atoms with Crippen LogP contribution in [0, 0.1) is 5.82 Å². The summed E-state index contributed by atoms with van der Waals surface area (Å²) in [6.07, 6.45) is -4.39. The molecule has 1 atom stereocenters. The monoisotopic (exact) mass is 340 g/mol. The average Bonchev–Trinajstić information content (AvgIpc) is 2.52. The molecule has 0 aliphatic carbocycles. The molecule has 0 fully saturated rings. The smallest absolute Gasteiger partial charge is 0.344 e. The normalized spacial score (nSPS) is 12.7. The highest BCUT2D eigenvalue weighted by molar-refractivity contribution is 5.79. The topological polar surface area (TPSA) is 41.1 Å². The van der Waals surface area contributed by atoms with Crippen LogP contribution in [-0.2, 0) is 4.79 Å². The molecule has 0 radical (unpaired) electrons. The van der Waals surface area contributed by atoms with Gasteiger partial charge in [0.25, 0.3) is 0 Å². The van der Waals surface area contributed by atoms with Crippen LogP contribution in [0.2, 0.25) is 0 Å². The predicted octanol–water partition coefficient (Wildman–Crippen LogP) is 3.18. The summed E-state index contributed by atoms with van der Waals surface area (Å²) in [7, 11) is 0. The predicted molar refractivity (Wildman–Crippen MR) is 81.8 cm³/mol. The number of halogens is 4. The maximum atomic E-state index is 13.5. The summed E-state index contributed by atoms with van der Waals surface area (Å²) in [4.78, 5) is 11.9. The molecular weight excluding hydrogens is 324 g/mol. The molecule has 2 aromatic carbocycles. The summed E-state index contributed by atoms with van der Waals surface area (Å²) < 4.78 is 49.8. The van der Waals surface area contributed by atoms with E-state index in [1.165, 1.54) is 18.2 Å². The van der Waals surface area contributed by atoms with Crippen LogP contribution in [0.15, 0.2) is 54.6 Å². The molecule has 3 nitrogen and oxygen atoms in total. The number of benzene rings is 2. The Balaban J connectivity index is 2.11. The van der Waals surface area contributed by atoms with Gasteiger partial charge in [0.1, 0.15) is 5.82 Å². The number of alkyl halides is 3. The Hall–Kier alpha value is -2.41. The molecule has 2 aromatic rings. The molecule has 0 aliphatic heterocycles. The van der Waals surface area contributed by atoms with Crippen molar-refractivity contribution in [1.82, 2.24) is 10.6 Å². The maximum Gasteiger partial charge on any atom is 0.401 e. The van der Waals surface area contributed by atoms with E-state index in [0.717, 1.165) is 0 Å². The largest absolute Gasteiger partial charge is 0.401 e. The van der Waals surface area contributed by atoms with E-state index in [9.17, 15) is 22.4 Å². The Morgan fingerprint density at radius 2 is 1.67 bits per heavy atom. The van der Waals surface area contributed by atoms with Crippen LogP contribution in [0.25, 0.3) is 0 Å². The molecule has 0 saturated heterocycles. The number of carbonyl (C=O) groups is 1. The zero-order valence-electron chi connectivity index (χ0n) is 12.6. The summed E-state index contributed by atoms with van der Waals surface area (Å²) in [6, 6.07) is 13.9. The average molecular weight is 340 g/mol. The van der Waals surface area contributed by atoms with Crippen LogP contribution in [0.5, 0.6) is 0 Å². The Kier molecular flexibility index (Phi) is 5.92. The van der Waals surface area contributed by atoms with E-state index < -0.39 is 37.0 Å². The fourth-order valence-corrected chi connectivity index (χ4v) is 2.22. The Bertz CT molecular complexity index is 674. The van der Waals surface area contributed by atoms with E-state index in [4.69, 9.17) is 0 Å². The van der Waals surface area contributed by atoms with Gasteiger partial charge in [-0.3, -0.25) is 4.79 Å². The lowest BCUT2D eigenvalue weighted by Crippen LogP contribution is -2.39. The second kappa shape index (κ2) is 7.92. The second-order valence-electron chi connectivity index (χ2n) is 5.18. The number of hydrogen-bond acceptors (Lipinski definition) is 2. The van der Waals surface area contributed by atoms with E-state index in [2.05, 4.69) is 5.32 Å². The van der Waals surface area contributed by atoms with Crippen LogP contribution >= 0.6 is 0 Å². The van der Waals surface area contributed by atoms with Crippen molar-refractivity contribution in [2.45, 2.75) is 12.2 Å². The molecule has 7 heteroatoms. The standard InChI is InChI=1S/C17H16F4N2O/c18-14-8-4-7-13(9-14)16(12-5-2-1-3-6-12)23-15(24)10-22-11-17(19,20)21/h1-9,16,22H,10-11H2,(H,23,24)/t16-/m0/s1. The lowest BCUT2D eigenvalue weighted by atomic mass is 9.98. The molecule has 0 bridgehead atoms. The highest BCUT2D eigenvalue weighted by Gasteiger charge is 2.27. The van der Waals surface area contributed by atoms with E-state index in [-0.39, 0.29) is 0 Å². The highest BCUT2D eigenvalue weighted by atomic mass is 19.4. The van der Waals surface area contributed by atoms with Crippen LogP contribution in [0.3, 0.4) is 0 Å². The third-order valence-corrected chi connectivity index (χ3v) is 3.23. The molecule has 1 amide bonds. The number of rotatable bonds is 6. The SMILES string of the molecule is O=C(CNCC(F)(F)F)N[C@@H](c1ccccc1)c1cccc(F)c1. The van der Waals surface area contributed by atoms with E-state index in [1.54, 1.807) is 36.4 Å². The van der Waals surface area contributed by atoms with Gasteiger partial charge in [-0.15, -0.1) is 0 Å². The van der Waals surface area contributed by atoms with E-state index >= 15 is 0 Å². The van der Waals surface area contributed by atoms with E-state index in [1.807, 2.05) is 5.32 Å². The van der Waals surface area contributed by atoms with Crippen molar-refractivity contribution in [3.8, 4) is 0 Å². The number of amides is 1. The minimum Gasteiger partial charge on any atom is -0.344 e. The van der Waals surface area contributed by atoms with Gasteiger partial charge in [0.2, 0.25) is 5.91 Å². The van der Waals surface area contributed by atoms with Gasteiger partial charge in [-0.2, -0.15) is 13.2 Å². The van der Waals surface area contributed by atoms with Crippen molar-refractivity contribution >= 4 is 5.91 Å². The summed E-state index contributed by atoms with van der Waals surface area (Å²) in [5, 5.41) is 4.66. The van der Waals surface area contributed by atoms with Gasteiger partial charge in [-0.05, 0) is 23.3 Å². The maximum absolute atomic E-state index is 13.5. The molecule has 2 N–H and O–H groups in total. The summed E-state index contributed by atoms with van der Waals surface area (Å²) in [5.41, 5.74) is 1.21. The lowest BCUT2D eigenvalue weighted by Gasteiger charge is -2.20. The zero-order valence-corrected chi connectivity index (χ0v) is 12.6. The lowest BCUT2D eigenvalue weighted by molar-refractivity contribution is -0.128. The van der Waals surface area contributed by atoms with Crippen molar-refractivity contribution in [1.29, 1.82) is 0 Å². The van der Waals surface area contributed by atoms with Crippen LogP contribution < -0.4 is 10.6 Å². The Morgan fingerprint density at radius 1 is 1.00 bits per heavy atom. The van der Waals surface area contributed by atoms with Gasteiger partial charge in [0, 0.05) is 0 Å². The second-order valence-corrected chi connectivity index (χ2v) is 5.18. The molecule has 0 aromatic heterocycles. The molecule has 2 rings (SSSR count). The van der Waals surface area contributed by atoms with Crippen LogP contribution in [0.4, 0.5) is 17.6 Å². The van der Waals surface area contributed by atoms with Crippen molar-refractivity contribution < 1.29 is 22.4 Å². The third kappa shape index (κ3) is 5.66. The molecule has 128 valence electrons. The minimum absolute atomic E-state index is 0.460. The van der Waals surface area contributed by atoms with Gasteiger partial charge in [0.15, 0.2) is 0 Å². The highest BCUT2D eigenvalue weighted by Crippen LogP contribution is 2.22. The molecule has 0 saturated carbocycles. The van der Waals surface area contributed by atoms with Crippen LogP contribution in [-0.4, -0.2) is 25.2 Å². The summed E-state index contributed by atoms with van der Waals surface area (Å²) in [5.74, 6) is -1.07. The fourth-order valence-electron chi connectivity index (χ4n) is 2.22. The molecule has 24 heavy (non-hydrogen) atoms. The van der Waals surface area contributed by atoms with Gasteiger partial charge in [-0.25, -0.2) is 4.39 Å². The van der Waals surface area contributed by atoms with Crippen molar-refractivity contribution in [2.24, 2.45) is 0 Å². The van der Waals surface area contributed by atoms with Crippen LogP contribution in [0.1, 0.15) is 17.2 Å². The van der Waals surface area contributed by atoms with E-state index in [0.29, 0.717) is 11.1 Å². The number of nitrogens with one attached hydrogen (secondary N) is 2. The molecule has 0 heterocycles. The van der Waals surface area contributed by atoms with Crippen molar-refractivity contribution in [2.75, 3.05) is 13.1 Å². The first-order valence-corrected chi connectivity index (χ1v) is 7.22. The molecular formula is C17H16F4N2O. The first-order chi connectivity index (χ1) is 11.3. The molecule has 0 aliphatic rings. The van der Waals surface area contributed by atoms with Crippen molar-refractivity contribution in [3.63, 3.8) is 0 Å². The summed E-state index contributed by atoms with van der Waals surface area (Å²) in [6.45, 7) is -1.74. The first kappa shape index (κ1) is 17.9. The molecule has 0 spiro atoms. The van der Waals surface area contributed by atoms with Gasteiger partial charge >= 0.3 is 6.18 Å². The zero-order chi connectivity index (χ0) is 17.6. The first-order valence-electron chi connectivity index (χ1n) is 7.22. The minimum atomic E-state index is -4.39. The number of carbonyl (C=O) groups excluding carboxylic acids is 1.